The van der Waals surface area contributed by atoms with E-state index in [4.69, 9.17) is 4.84 Å². The summed E-state index contributed by atoms with van der Waals surface area (Å²) in [5, 5.41) is 0.426. The second-order valence-electron chi connectivity index (χ2n) is 5.92. The van der Waals surface area contributed by atoms with Crippen molar-refractivity contribution in [3.05, 3.63) is 35.4 Å². The Bertz CT molecular complexity index is 668. The number of imide groups is 1. The van der Waals surface area contributed by atoms with E-state index in [0.717, 1.165) is 0 Å². The first kappa shape index (κ1) is 13.4. The lowest BCUT2D eigenvalue weighted by Gasteiger charge is -2.17. The third kappa shape index (κ3) is 1.65. The van der Waals surface area contributed by atoms with Crippen molar-refractivity contribution < 1.29 is 28.0 Å². The van der Waals surface area contributed by atoms with Gasteiger partial charge in [-0.3, -0.25) is 9.59 Å². The molecule has 0 aromatic heterocycles. The lowest BCUT2D eigenvalue weighted by molar-refractivity contribution is -0.174. The average molecular weight is 307 g/mol. The first-order chi connectivity index (χ1) is 10.4. The van der Waals surface area contributed by atoms with E-state index in [1.165, 1.54) is 12.1 Å². The van der Waals surface area contributed by atoms with Crippen LogP contribution in [0.3, 0.4) is 0 Å². The largest absolute Gasteiger partial charge is 0.336 e. The number of fused-ring (bicyclic) bond motifs is 2. The van der Waals surface area contributed by atoms with Gasteiger partial charge in [0.1, 0.15) is 0 Å². The highest BCUT2D eigenvalue weighted by Crippen LogP contribution is 2.65. The van der Waals surface area contributed by atoms with Crippen LogP contribution in [0.15, 0.2) is 24.3 Å². The molecule has 0 spiro atoms. The van der Waals surface area contributed by atoms with Gasteiger partial charge in [0, 0.05) is 11.8 Å². The van der Waals surface area contributed by atoms with Crippen LogP contribution in [0.5, 0.6) is 0 Å². The molecule has 0 saturated heterocycles. The number of halogens is 2. The van der Waals surface area contributed by atoms with Gasteiger partial charge in [-0.15, -0.1) is 0 Å². The fourth-order valence-corrected chi connectivity index (χ4v) is 3.42. The van der Waals surface area contributed by atoms with E-state index in [-0.39, 0.29) is 24.0 Å². The molecule has 1 aromatic carbocycles. The van der Waals surface area contributed by atoms with E-state index >= 15 is 0 Å². The second-order valence-corrected chi connectivity index (χ2v) is 5.92. The highest BCUT2D eigenvalue weighted by atomic mass is 19.3. The maximum absolute atomic E-state index is 13.1. The van der Waals surface area contributed by atoms with Gasteiger partial charge in [0.2, 0.25) is 0 Å². The molecule has 1 aliphatic heterocycles. The Kier molecular flexibility index (Phi) is 2.50. The Morgan fingerprint density at radius 1 is 1.09 bits per heavy atom. The van der Waals surface area contributed by atoms with E-state index in [9.17, 15) is 23.2 Å². The molecule has 5 nitrogen and oxygen atoms in total. The zero-order chi connectivity index (χ0) is 15.6. The number of nitrogens with zero attached hydrogens (tertiary/aromatic N) is 1. The standard InChI is InChI=1S/C15H11F2NO4/c16-15(17)10-5-7(6-11(10)15)14(21)22-18-12(19)8-3-1-2-4-9(8)13(18)20/h1-4,7,10-11H,5-6H2/t7?,10-,11+. The minimum absolute atomic E-state index is 0.0413. The second kappa shape index (κ2) is 4.12. The summed E-state index contributed by atoms with van der Waals surface area (Å²) >= 11 is 0. The van der Waals surface area contributed by atoms with E-state index in [1.807, 2.05) is 0 Å². The van der Waals surface area contributed by atoms with Gasteiger partial charge in [-0.05, 0) is 25.0 Å². The van der Waals surface area contributed by atoms with Gasteiger partial charge in [0.05, 0.1) is 17.0 Å². The van der Waals surface area contributed by atoms with Crippen molar-refractivity contribution in [2.75, 3.05) is 0 Å². The number of rotatable bonds is 2. The maximum Gasteiger partial charge on any atom is 0.336 e. The average Bonchev–Trinajstić information content (AvgIpc) is 2.88. The minimum Gasteiger partial charge on any atom is -0.329 e. The van der Waals surface area contributed by atoms with Crippen molar-refractivity contribution in [1.29, 1.82) is 0 Å². The SMILES string of the molecule is O=C(ON1C(=O)c2ccccc2C1=O)C1C[C@@H]2[C@H](C1)C2(F)F. The van der Waals surface area contributed by atoms with Crippen LogP contribution < -0.4 is 0 Å². The van der Waals surface area contributed by atoms with Gasteiger partial charge >= 0.3 is 5.97 Å². The molecule has 1 heterocycles. The third-order valence-corrected chi connectivity index (χ3v) is 4.71. The third-order valence-electron chi connectivity index (χ3n) is 4.71. The Morgan fingerprint density at radius 2 is 1.59 bits per heavy atom. The molecular weight excluding hydrogens is 296 g/mol. The zero-order valence-electron chi connectivity index (χ0n) is 11.3. The summed E-state index contributed by atoms with van der Waals surface area (Å²) in [6.07, 6.45) is 0.0827. The predicted molar refractivity (Wildman–Crippen MR) is 67.7 cm³/mol. The zero-order valence-corrected chi connectivity index (χ0v) is 11.3. The quantitative estimate of drug-likeness (QED) is 0.784. The van der Waals surface area contributed by atoms with Gasteiger partial charge in [-0.25, -0.2) is 13.6 Å². The topological polar surface area (TPSA) is 63.7 Å². The number of alkyl halides is 2. The Hall–Kier alpha value is -2.31. The molecular formula is C15H11F2NO4. The first-order valence-corrected chi connectivity index (χ1v) is 6.98. The number of benzene rings is 1. The van der Waals surface area contributed by atoms with E-state index in [2.05, 4.69) is 0 Å². The van der Waals surface area contributed by atoms with Gasteiger partial charge in [-0.2, -0.15) is 0 Å². The molecule has 4 rings (SSSR count). The summed E-state index contributed by atoms with van der Waals surface area (Å²) < 4.78 is 26.2. The van der Waals surface area contributed by atoms with Crippen molar-refractivity contribution in [2.24, 2.45) is 17.8 Å². The molecule has 1 aromatic rings. The van der Waals surface area contributed by atoms with Gasteiger partial charge in [0.25, 0.3) is 17.7 Å². The summed E-state index contributed by atoms with van der Waals surface area (Å²) in [5.41, 5.74) is 0.335. The summed E-state index contributed by atoms with van der Waals surface area (Å²) in [6, 6.07) is 6.13. The monoisotopic (exact) mass is 307 g/mol. The Morgan fingerprint density at radius 3 is 2.09 bits per heavy atom. The molecule has 2 amide bonds. The summed E-state index contributed by atoms with van der Waals surface area (Å²) in [5.74, 6) is -7.10. The molecule has 0 N–H and O–H groups in total. The van der Waals surface area contributed by atoms with Crippen LogP contribution in [0.25, 0.3) is 0 Å². The van der Waals surface area contributed by atoms with Crippen LogP contribution in [0.4, 0.5) is 8.78 Å². The van der Waals surface area contributed by atoms with Crippen molar-refractivity contribution in [2.45, 2.75) is 18.8 Å². The van der Waals surface area contributed by atoms with Crippen molar-refractivity contribution >= 4 is 17.8 Å². The molecule has 0 bridgehead atoms. The van der Waals surface area contributed by atoms with Crippen LogP contribution in [0.1, 0.15) is 33.6 Å². The lowest BCUT2D eigenvalue weighted by Crippen LogP contribution is -2.35. The molecule has 3 atom stereocenters. The Labute approximate surface area is 123 Å². The highest BCUT2D eigenvalue weighted by Gasteiger charge is 2.72. The number of hydrogen-bond acceptors (Lipinski definition) is 4. The maximum atomic E-state index is 13.1. The molecule has 7 heteroatoms. The number of carbonyl (C=O) groups is 3. The van der Waals surface area contributed by atoms with Crippen molar-refractivity contribution in [1.82, 2.24) is 5.06 Å². The van der Waals surface area contributed by atoms with E-state index in [0.29, 0.717) is 5.06 Å². The molecule has 22 heavy (non-hydrogen) atoms. The Balaban J connectivity index is 1.46. The number of amides is 2. The van der Waals surface area contributed by atoms with Gasteiger partial charge < -0.3 is 4.84 Å². The highest BCUT2D eigenvalue weighted by molar-refractivity contribution is 6.20. The number of hydroxylamine groups is 2. The molecule has 0 radical (unpaired) electrons. The summed E-state index contributed by atoms with van der Waals surface area (Å²) in [6.45, 7) is 0. The molecule has 1 unspecified atom stereocenters. The van der Waals surface area contributed by atoms with E-state index < -0.39 is 41.5 Å². The molecule has 114 valence electrons. The summed E-state index contributed by atoms with van der Waals surface area (Å²) in [4.78, 5) is 41.0. The van der Waals surface area contributed by atoms with Crippen molar-refractivity contribution in [3.8, 4) is 0 Å². The van der Waals surface area contributed by atoms with Crippen LogP contribution in [-0.2, 0) is 9.63 Å². The number of hydrogen-bond donors (Lipinski definition) is 0. The van der Waals surface area contributed by atoms with Gasteiger partial charge in [0.15, 0.2) is 0 Å². The molecule has 2 saturated carbocycles. The van der Waals surface area contributed by atoms with Gasteiger partial charge in [-0.1, -0.05) is 17.2 Å². The first-order valence-electron chi connectivity index (χ1n) is 6.98. The van der Waals surface area contributed by atoms with Crippen LogP contribution >= 0.6 is 0 Å². The fraction of sp³-hybridized carbons (Fsp3) is 0.400. The van der Waals surface area contributed by atoms with Crippen LogP contribution in [0.2, 0.25) is 0 Å². The predicted octanol–water partition coefficient (Wildman–Crippen LogP) is 2.03. The van der Waals surface area contributed by atoms with Crippen LogP contribution in [0, 0.1) is 17.8 Å². The number of carbonyl (C=O) groups excluding carboxylic acids is 3. The normalized spacial score (nSPS) is 31.0. The summed E-state index contributed by atoms with van der Waals surface area (Å²) in [7, 11) is 0. The molecule has 3 aliphatic rings. The van der Waals surface area contributed by atoms with Crippen LogP contribution in [-0.4, -0.2) is 28.8 Å². The van der Waals surface area contributed by atoms with E-state index in [1.54, 1.807) is 12.1 Å². The fourth-order valence-electron chi connectivity index (χ4n) is 3.42. The lowest BCUT2D eigenvalue weighted by atomic mass is 10.0. The molecule has 2 aliphatic carbocycles. The smallest absolute Gasteiger partial charge is 0.329 e. The molecule has 2 fully saturated rings. The van der Waals surface area contributed by atoms with Crippen molar-refractivity contribution in [3.63, 3.8) is 0 Å². The minimum atomic E-state index is -2.67.